The Hall–Kier alpha value is -1.59. The second-order valence-electron chi connectivity index (χ2n) is 7.49. The van der Waals surface area contributed by atoms with Crippen molar-refractivity contribution in [2.24, 2.45) is 11.8 Å². The minimum absolute atomic E-state index is 0.00248. The molecule has 5 heteroatoms. The summed E-state index contributed by atoms with van der Waals surface area (Å²) in [6.45, 7) is 2.02. The lowest BCUT2D eigenvalue weighted by Gasteiger charge is -2.29. The maximum atomic E-state index is 12.6. The van der Waals surface area contributed by atoms with Crippen LogP contribution in [0.15, 0.2) is 30.3 Å². The average molecular weight is 346 g/mol. The fourth-order valence-electron chi connectivity index (χ4n) is 3.53. The number of hydrogen-bond donors (Lipinski definition) is 2. The van der Waals surface area contributed by atoms with E-state index in [0.717, 1.165) is 50.9 Å². The van der Waals surface area contributed by atoms with Gasteiger partial charge < -0.3 is 20.1 Å². The summed E-state index contributed by atoms with van der Waals surface area (Å²) in [4.78, 5) is 14.2. The molecule has 2 N–H and O–H groups in total. The van der Waals surface area contributed by atoms with Crippen LogP contribution in [-0.2, 0) is 4.74 Å². The summed E-state index contributed by atoms with van der Waals surface area (Å²) in [6.07, 6.45) is 4.78. The number of amides is 2. The second-order valence-corrected chi connectivity index (χ2v) is 7.49. The van der Waals surface area contributed by atoms with E-state index in [1.54, 1.807) is 11.9 Å². The molecule has 0 radical (unpaired) electrons. The van der Waals surface area contributed by atoms with Gasteiger partial charge in [-0.05, 0) is 49.5 Å². The summed E-state index contributed by atoms with van der Waals surface area (Å²) in [5.74, 6) is 0.948. The molecule has 0 bridgehead atoms. The largest absolute Gasteiger partial charge is 0.391 e. The van der Waals surface area contributed by atoms with Crippen molar-refractivity contribution in [3.8, 4) is 0 Å². The Kier molecular flexibility index (Phi) is 6.32. The number of nitrogens with zero attached hydrogens (tertiary/aromatic N) is 1. The van der Waals surface area contributed by atoms with E-state index < -0.39 is 6.10 Å². The number of ether oxygens (including phenoxy) is 1. The van der Waals surface area contributed by atoms with Crippen molar-refractivity contribution in [2.75, 3.05) is 26.8 Å². The first-order valence-electron chi connectivity index (χ1n) is 9.46. The van der Waals surface area contributed by atoms with Gasteiger partial charge in [-0.25, -0.2) is 4.79 Å². The molecule has 25 heavy (non-hydrogen) atoms. The topological polar surface area (TPSA) is 61.8 Å². The highest BCUT2D eigenvalue weighted by atomic mass is 16.5. The molecule has 0 spiro atoms. The molecule has 2 aliphatic rings. The van der Waals surface area contributed by atoms with Crippen molar-refractivity contribution >= 4 is 6.03 Å². The van der Waals surface area contributed by atoms with E-state index in [0.29, 0.717) is 18.4 Å². The highest BCUT2D eigenvalue weighted by Crippen LogP contribution is 2.33. The minimum atomic E-state index is -0.401. The van der Waals surface area contributed by atoms with Gasteiger partial charge in [-0.3, -0.25) is 0 Å². The number of benzene rings is 1. The first-order chi connectivity index (χ1) is 12.1. The van der Waals surface area contributed by atoms with Gasteiger partial charge in [-0.1, -0.05) is 30.3 Å². The highest BCUT2D eigenvalue weighted by Gasteiger charge is 2.31. The lowest BCUT2D eigenvalue weighted by molar-refractivity contribution is 0.0604. The number of aliphatic hydroxyl groups is 1. The number of carbonyl (C=O) groups excluding carboxylic acids is 1. The summed E-state index contributed by atoms with van der Waals surface area (Å²) in [7, 11) is 1.76. The summed E-state index contributed by atoms with van der Waals surface area (Å²) in [6, 6.07) is 10.1. The number of nitrogens with one attached hydrogen (secondary N) is 1. The number of carbonyl (C=O) groups is 1. The molecular weight excluding hydrogens is 316 g/mol. The van der Waals surface area contributed by atoms with Crippen molar-refractivity contribution in [1.82, 2.24) is 10.2 Å². The molecule has 2 unspecified atom stereocenters. The molecule has 1 aromatic rings. The molecule has 5 nitrogen and oxygen atoms in total. The fourth-order valence-corrected chi connectivity index (χ4v) is 3.53. The van der Waals surface area contributed by atoms with Gasteiger partial charge >= 0.3 is 6.03 Å². The predicted molar refractivity (Wildman–Crippen MR) is 97.2 cm³/mol. The Balaban J connectivity index is 1.60. The van der Waals surface area contributed by atoms with Crippen LogP contribution in [0.4, 0.5) is 4.79 Å². The second kappa shape index (κ2) is 8.68. The fraction of sp³-hybridized carbons (Fsp3) is 0.650. The van der Waals surface area contributed by atoms with Crippen LogP contribution in [0.2, 0.25) is 0 Å². The van der Waals surface area contributed by atoms with Crippen LogP contribution < -0.4 is 5.32 Å². The van der Waals surface area contributed by atoms with Gasteiger partial charge in [-0.15, -0.1) is 0 Å². The van der Waals surface area contributed by atoms with E-state index in [1.807, 2.05) is 18.2 Å². The normalized spacial score (nSPS) is 20.7. The third-order valence-corrected chi connectivity index (χ3v) is 5.38. The number of hydrogen-bond acceptors (Lipinski definition) is 3. The number of rotatable bonds is 7. The molecule has 1 saturated carbocycles. The molecule has 138 valence electrons. The molecule has 1 aromatic carbocycles. The zero-order valence-electron chi connectivity index (χ0n) is 15.1. The average Bonchev–Trinajstić information content (AvgIpc) is 3.48. The van der Waals surface area contributed by atoms with Crippen LogP contribution in [0.1, 0.15) is 43.7 Å². The third kappa shape index (κ3) is 5.44. The van der Waals surface area contributed by atoms with Crippen LogP contribution in [0.25, 0.3) is 0 Å². The first-order valence-corrected chi connectivity index (χ1v) is 9.46. The molecule has 2 atom stereocenters. The Morgan fingerprint density at radius 2 is 1.92 bits per heavy atom. The van der Waals surface area contributed by atoms with Crippen molar-refractivity contribution in [2.45, 2.75) is 44.2 Å². The molecular formula is C20H30N2O3. The number of aliphatic hydroxyl groups excluding tert-OH is 1. The quantitative estimate of drug-likeness (QED) is 0.798. The van der Waals surface area contributed by atoms with Crippen LogP contribution in [0.3, 0.4) is 0 Å². The van der Waals surface area contributed by atoms with E-state index in [-0.39, 0.29) is 12.1 Å². The monoisotopic (exact) mass is 346 g/mol. The van der Waals surface area contributed by atoms with E-state index >= 15 is 0 Å². The van der Waals surface area contributed by atoms with Crippen molar-refractivity contribution in [1.29, 1.82) is 0 Å². The van der Waals surface area contributed by atoms with Gasteiger partial charge in [0, 0.05) is 26.8 Å². The van der Waals surface area contributed by atoms with E-state index in [4.69, 9.17) is 4.74 Å². The Bertz CT molecular complexity index is 541. The SMILES string of the molecule is CN(CC(O)C1CC1)C(=O)NC(CC1CCOCC1)c1ccccc1. The van der Waals surface area contributed by atoms with Crippen LogP contribution in [-0.4, -0.2) is 48.9 Å². The Morgan fingerprint density at radius 3 is 2.56 bits per heavy atom. The van der Waals surface area contributed by atoms with Crippen molar-refractivity contribution in [3.05, 3.63) is 35.9 Å². The lowest BCUT2D eigenvalue weighted by Crippen LogP contribution is -2.43. The number of likely N-dealkylation sites (N-methyl/N-ethyl adjacent to an activating group) is 1. The van der Waals surface area contributed by atoms with E-state index in [2.05, 4.69) is 17.4 Å². The van der Waals surface area contributed by atoms with Crippen molar-refractivity contribution < 1.29 is 14.6 Å². The minimum Gasteiger partial charge on any atom is -0.391 e. The van der Waals surface area contributed by atoms with Gasteiger partial charge in [0.25, 0.3) is 0 Å². The molecule has 2 amide bonds. The smallest absolute Gasteiger partial charge is 0.317 e. The van der Waals surface area contributed by atoms with Gasteiger partial charge in [0.1, 0.15) is 0 Å². The summed E-state index contributed by atoms with van der Waals surface area (Å²) in [5.41, 5.74) is 1.14. The maximum Gasteiger partial charge on any atom is 0.317 e. The first kappa shape index (κ1) is 18.2. The number of urea groups is 1. The zero-order chi connectivity index (χ0) is 17.6. The molecule has 1 heterocycles. The van der Waals surface area contributed by atoms with Gasteiger partial charge in [-0.2, -0.15) is 0 Å². The van der Waals surface area contributed by atoms with Crippen LogP contribution in [0.5, 0.6) is 0 Å². The van der Waals surface area contributed by atoms with E-state index in [9.17, 15) is 9.90 Å². The van der Waals surface area contributed by atoms with Crippen molar-refractivity contribution in [3.63, 3.8) is 0 Å². The van der Waals surface area contributed by atoms with Gasteiger partial charge in [0.2, 0.25) is 0 Å². The van der Waals surface area contributed by atoms with Crippen LogP contribution in [0, 0.1) is 11.8 Å². The Labute approximate surface area is 150 Å². The summed E-state index contributed by atoms with van der Waals surface area (Å²) in [5, 5.41) is 13.3. The predicted octanol–water partition coefficient (Wildman–Crippen LogP) is 2.96. The van der Waals surface area contributed by atoms with Crippen LogP contribution >= 0.6 is 0 Å². The van der Waals surface area contributed by atoms with E-state index in [1.165, 1.54) is 0 Å². The summed E-state index contributed by atoms with van der Waals surface area (Å²) >= 11 is 0. The third-order valence-electron chi connectivity index (χ3n) is 5.38. The summed E-state index contributed by atoms with van der Waals surface area (Å²) < 4.78 is 5.45. The van der Waals surface area contributed by atoms with Gasteiger partial charge in [0.15, 0.2) is 0 Å². The van der Waals surface area contributed by atoms with Gasteiger partial charge in [0.05, 0.1) is 12.1 Å². The molecule has 2 fully saturated rings. The lowest BCUT2D eigenvalue weighted by atomic mass is 9.89. The molecule has 1 aliphatic carbocycles. The molecule has 1 saturated heterocycles. The zero-order valence-corrected chi connectivity index (χ0v) is 15.1. The highest BCUT2D eigenvalue weighted by molar-refractivity contribution is 5.74. The molecule has 0 aromatic heterocycles. The Morgan fingerprint density at radius 1 is 1.24 bits per heavy atom. The maximum absolute atomic E-state index is 12.6. The molecule has 1 aliphatic heterocycles. The molecule has 3 rings (SSSR count). The standard InChI is InChI=1S/C20H30N2O3/c1-22(14-19(23)17-7-8-17)20(24)21-18(16-5-3-2-4-6-16)13-15-9-11-25-12-10-15/h2-6,15,17-19,23H,7-14H2,1H3,(H,21,24).